The quantitative estimate of drug-likeness (QED) is 0.420. The summed E-state index contributed by atoms with van der Waals surface area (Å²) in [6, 6.07) is 20.1. The van der Waals surface area contributed by atoms with Gasteiger partial charge < -0.3 is 4.90 Å². The van der Waals surface area contributed by atoms with Crippen molar-refractivity contribution in [3.05, 3.63) is 84.2 Å². The fourth-order valence-corrected chi connectivity index (χ4v) is 4.98. The zero-order valence-electron chi connectivity index (χ0n) is 18.0. The number of hydrogen-bond donors (Lipinski definition) is 0. The Kier molecular flexibility index (Phi) is 5.49. The smallest absolute Gasteiger partial charge is 0.240 e. The van der Waals surface area contributed by atoms with Gasteiger partial charge >= 0.3 is 0 Å². The molecule has 0 saturated carbocycles. The molecule has 0 aliphatic carbocycles. The van der Waals surface area contributed by atoms with Crippen molar-refractivity contribution in [3.63, 3.8) is 0 Å². The average molecular weight is 442 g/mol. The number of aromatic nitrogens is 4. The van der Waals surface area contributed by atoms with Crippen molar-refractivity contribution in [2.45, 2.75) is 30.7 Å². The van der Waals surface area contributed by atoms with E-state index in [2.05, 4.69) is 34.2 Å². The van der Waals surface area contributed by atoms with Crippen LogP contribution in [0, 0.1) is 6.92 Å². The van der Waals surface area contributed by atoms with Crippen LogP contribution in [-0.2, 0) is 11.2 Å². The molecule has 0 N–H and O–H groups in total. The number of carbonyl (C=O) groups excluding carboxylic acids is 1. The fourth-order valence-electron chi connectivity index (χ4n) is 4.05. The van der Waals surface area contributed by atoms with E-state index in [-0.39, 0.29) is 11.2 Å². The van der Waals surface area contributed by atoms with Gasteiger partial charge in [-0.25, -0.2) is 0 Å². The summed E-state index contributed by atoms with van der Waals surface area (Å²) < 4.78 is 2.03. The van der Waals surface area contributed by atoms with Crippen LogP contribution in [0.25, 0.3) is 17.1 Å². The summed E-state index contributed by atoms with van der Waals surface area (Å²) in [7, 11) is 0. The molecule has 0 bridgehead atoms. The molecule has 2 aromatic heterocycles. The standard InChI is InChI=1S/C25H23N5OS/c1-17-8-3-5-11-21(17)30-23(20-10-7-14-26-16-20)27-28-25(30)32-18(2)24(31)29-15-13-19-9-4-6-12-22(19)29/h3-12,14,16,18H,13,15H2,1-2H3/t18-/m1/s1. The van der Waals surface area contributed by atoms with Gasteiger partial charge in [-0.15, -0.1) is 10.2 Å². The molecule has 1 aliphatic rings. The number of thioether (sulfide) groups is 1. The maximum Gasteiger partial charge on any atom is 0.240 e. The molecule has 1 atom stereocenters. The van der Waals surface area contributed by atoms with Gasteiger partial charge in [0, 0.05) is 30.2 Å². The van der Waals surface area contributed by atoms with Gasteiger partial charge in [-0.05, 0) is 55.7 Å². The molecule has 0 spiro atoms. The van der Waals surface area contributed by atoms with Gasteiger partial charge in [0.15, 0.2) is 11.0 Å². The fraction of sp³-hybridized carbons (Fsp3) is 0.200. The van der Waals surface area contributed by atoms with E-state index in [1.54, 1.807) is 12.4 Å². The predicted octanol–water partition coefficient (Wildman–Crippen LogP) is 4.71. The second-order valence-corrected chi connectivity index (χ2v) is 9.11. The van der Waals surface area contributed by atoms with Gasteiger partial charge in [-0.3, -0.25) is 14.3 Å². The number of anilines is 1. The number of rotatable bonds is 5. The molecule has 2 aromatic carbocycles. The van der Waals surface area contributed by atoms with Crippen LogP contribution in [-0.4, -0.2) is 37.5 Å². The molecule has 1 aliphatic heterocycles. The molecular weight excluding hydrogens is 418 g/mol. The number of amides is 1. The maximum absolute atomic E-state index is 13.3. The highest BCUT2D eigenvalue weighted by molar-refractivity contribution is 8.00. The van der Waals surface area contributed by atoms with Crippen LogP contribution in [0.4, 0.5) is 5.69 Å². The number of hydrogen-bond acceptors (Lipinski definition) is 5. The van der Waals surface area contributed by atoms with E-state index in [0.29, 0.717) is 17.5 Å². The van der Waals surface area contributed by atoms with Crippen LogP contribution in [0.2, 0.25) is 0 Å². The zero-order valence-corrected chi connectivity index (χ0v) is 18.8. The molecule has 3 heterocycles. The SMILES string of the molecule is Cc1ccccc1-n1c(S[C@H](C)C(=O)N2CCc3ccccc32)nnc1-c1cccnc1. The maximum atomic E-state index is 13.3. The summed E-state index contributed by atoms with van der Waals surface area (Å²) >= 11 is 1.44. The van der Waals surface area contributed by atoms with Crippen molar-refractivity contribution in [2.24, 2.45) is 0 Å². The Bertz CT molecular complexity index is 1270. The minimum absolute atomic E-state index is 0.0854. The molecule has 1 amide bonds. The van der Waals surface area contributed by atoms with Gasteiger partial charge in [-0.1, -0.05) is 48.2 Å². The normalized spacial score (nSPS) is 13.8. The molecular formula is C25H23N5OS. The summed E-state index contributed by atoms with van der Waals surface area (Å²) in [5.74, 6) is 0.795. The van der Waals surface area contributed by atoms with Gasteiger partial charge in [0.2, 0.25) is 5.91 Å². The Balaban J connectivity index is 1.50. The van der Waals surface area contributed by atoms with E-state index >= 15 is 0 Å². The second kappa shape index (κ2) is 8.59. The van der Waals surface area contributed by atoms with Crippen molar-refractivity contribution in [2.75, 3.05) is 11.4 Å². The largest absolute Gasteiger partial charge is 0.311 e. The van der Waals surface area contributed by atoms with Gasteiger partial charge in [0.25, 0.3) is 0 Å². The lowest BCUT2D eigenvalue weighted by molar-refractivity contribution is -0.117. The first kappa shape index (κ1) is 20.5. The molecule has 7 heteroatoms. The summed E-state index contributed by atoms with van der Waals surface area (Å²) in [5.41, 5.74) is 5.21. The van der Waals surface area contributed by atoms with E-state index in [9.17, 15) is 4.79 Å². The monoisotopic (exact) mass is 441 g/mol. The Morgan fingerprint density at radius 1 is 1.00 bits per heavy atom. The van der Waals surface area contributed by atoms with Crippen molar-refractivity contribution >= 4 is 23.4 Å². The number of aryl methyl sites for hydroxylation is 1. The van der Waals surface area contributed by atoms with E-state index in [1.807, 2.05) is 64.9 Å². The minimum Gasteiger partial charge on any atom is -0.311 e. The Morgan fingerprint density at radius 3 is 2.56 bits per heavy atom. The number of pyridine rings is 1. The third kappa shape index (κ3) is 3.69. The molecule has 0 saturated heterocycles. The Hall–Kier alpha value is -3.45. The highest BCUT2D eigenvalue weighted by Crippen LogP contribution is 2.34. The summed E-state index contributed by atoms with van der Waals surface area (Å²) in [6.45, 7) is 4.72. The van der Waals surface area contributed by atoms with E-state index in [1.165, 1.54) is 17.3 Å². The summed E-state index contributed by atoms with van der Waals surface area (Å²) in [6.07, 6.45) is 4.41. The molecule has 32 heavy (non-hydrogen) atoms. The molecule has 4 aromatic rings. The highest BCUT2D eigenvalue weighted by atomic mass is 32.2. The van der Waals surface area contributed by atoms with Crippen LogP contribution in [0.1, 0.15) is 18.1 Å². The third-order valence-electron chi connectivity index (χ3n) is 5.69. The third-order valence-corrected chi connectivity index (χ3v) is 6.72. The van der Waals surface area contributed by atoms with Crippen molar-refractivity contribution in [1.29, 1.82) is 0 Å². The molecule has 160 valence electrons. The lowest BCUT2D eigenvalue weighted by Gasteiger charge is -2.21. The highest BCUT2D eigenvalue weighted by Gasteiger charge is 2.30. The van der Waals surface area contributed by atoms with Crippen molar-refractivity contribution in [3.8, 4) is 17.1 Å². The van der Waals surface area contributed by atoms with Crippen LogP contribution in [0.3, 0.4) is 0 Å². The van der Waals surface area contributed by atoms with Gasteiger partial charge in [0.05, 0.1) is 10.9 Å². The van der Waals surface area contributed by atoms with Crippen LogP contribution in [0.15, 0.2) is 78.2 Å². The van der Waals surface area contributed by atoms with E-state index < -0.39 is 0 Å². The number of para-hydroxylation sites is 2. The summed E-state index contributed by atoms with van der Waals surface area (Å²) in [4.78, 5) is 19.5. The molecule has 0 unspecified atom stereocenters. The topological polar surface area (TPSA) is 63.9 Å². The van der Waals surface area contributed by atoms with Gasteiger partial charge in [-0.2, -0.15) is 0 Å². The van der Waals surface area contributed by atoms with Crippen molar-refractivity contribution in [1.82, 2.24) is 19.7 Å². The first-order valence-corrected chi connectivity index (χ1v) is 11.5. The van der Waals surface area contributed by atoms with Crippen molar-refractivity contribution < 1.29 is 4.79 Å². The average Bonchev–Trinajstić information content (AvgIpc) is 3.44. The van der Waals surface area contributed by atoms with Crippen LogP contribution < -0.4 is 4.90 Å². The molecule has 6 nitrogen and oxygen atoms in total. The number of benzene rings is 2. The minimum atomic E-state index is -0.310. The number of carbonyl (C=O) groups is 1. The van der Waals surface area contributed by atoms with Crippen LogP contribution >= 0.6 is 11.8 Å². The number of fused-ring (bicyclic) bond motifs is 1. The predicted molar refractivity (Wildman–Crippen MR) is 127 cm³/mol. The zero-order chi connectivity index (χ0) is 22.1. The summed E-state index contributed by atoms with van der Waals surface area (Å²) in [5, 5.41) is 9.33. The Labute approximate surface area is 191 Å². The van der Waals surface area contributed by atoms with E-state index in [0.717, 1.165) is 28.9 Å². The molecule has 0 radical (unpaired) electrons. The Morgan fingerprint density at radius 2 is 1.78 bits per heavy atom. The number of nitrogens with zero attached hydrogens (tertiary/aromatic N) is 5. The van der Waals surface area contributed by atoms with Gasteiger partial charge in [0.1, 0.15) is 0 Å². The second-order valence-electron chi connectivity index (χ2n) is 7.80. The first-order chi connectivity index (χ1) is 15.6. The lowest BCUT2D eigenvalue weighted by Crippen LogP contribution is -2.35. The lowest BCUT2D eigenvalue weighted by atomic mass is 10.2. The molecule has 5 rings (SSSR count). The van der Waals surface area contributed by atoms with Crippen LogP contribution in [0.5, 0.6) is 0 Å². The molecule has 0 fully saturated rings. The first-order valence-electron chi connectivity index (χ1n) is 10.6. The van der Waals surface area contributed by atoms with E-state index in [4.69, 9.17) is 0 Å².